The van der Waals surface area contributed by atoms with Crippen LogP contribution < -0.4 is 15.6 Å². The van der Waals surface area contributed by atoms with Crippen molar-refractivity contribution in [3.63, 3.8) is 0 Å². The van der Waals surface area contributed by atoms with Gasteiger partial charge >= 0.3 is 0 Å². The lowest BCUT2D eigenvalue weighted by Crippen LogP contribution is -2.35. The third kappa shape index (κ3) is 4.28. The van der Waals surface area contributed by atoms with Gasteiger partial charge in [-0.05, 0) is 24.3 Å². The first kappa shape index (κ1) is 23.1. The summed E-state index contributed by atoms with van der Waals surface area (Å²) in [6, 6.07) is 5.79. The zero-order chi connectivity index (χ0) is 24.4. The van der Waals surface area contributed by atoms with Gasteiger partial charge in [-0.25, -0.2) is 13.2 Å². The van der Waals surface area contributed by atoms with E-state index in [2.05, 4.69) is 5.32 Å². The number of nitrogens with one attached hydrogen (secondary N) is 1. The molecule has 0 fully saturated rings. The predicted octanol–water partition coefficient (Wildman–Crippen LogP) is 2.50. The number of furan rings is 1. The average Bonchev–Trinajstić information content (AvgIpc) is 3.24. The number of methoxy groups -OCH3 is 1. The highest BCUT2D eigenvalue weighted by atomic mass is 19.2. The molecule has 1 aromatic carbocycles. The van der Waals surface area contributed by atoms with E-state index in [4.69, 9.17) is 9.15 Å². The topological polar surface area (TPSA) is 93.8 Å². The van der Waals surface area contributed by atoms with Crippen molar-refractivity contribution in [1.82, 2.24) is 14.8 Å². The van der Waals surface area contributed by atoms with Gasteiger partial charge in [-0.2, -0.15) is 0 Å². The van der Waals surface area contributed by atoms with Gasteiger partial charge in [-0.15, -0.1) is 0 Å². The number of amides is 2. The molecule has 8 nitrogen and oxygen atoms in total. The number of pyridine rings is 1. The van der Waals surface area contributed by atoms with Crippen LogP contribution in [0.4, 0.5) is 13.2 Å². The van der Waals surface area contributed by atoms with Gasteiger partial charge in [0.05, 0.1) is 19.9 Å². The van der Waals surface area contributed by atoms with Gasteiger partial charge in [0.1, 0.15) is 28.5 Å². The standard InChI is InChI=1S/C23H20F3N3O5/c1-33-17-11-18(30)29-9-8-28(23(32)19-14(24)4-5-15(25)21(19)26)7-6-16(29)20(17)22(31)27-12-13-3-2-10-34-13/h2-5,10-11H,6-9,12H2,1H3,(H,27,31). The van der Waals surface area contributed by atoms with Crippen molar-refractivity contribution in [1.29, 1.82) is 0 Å². The number of rotatable bonds is 5. The van der Waals surface area contributed by atoms with Crippen LogP contribution in [0.5, 0.6) is 5.75 Å². The summed E-state index contributed by atoms with van der Waals surface area (Å²) in [5, 5.41) is 2.70. The van der Waals surface area contributed by atoms with E-state index in [0.717, 1.165) is 11.0 Å². The van der Waals surface area contributed by atoms with E-state index < -0.39 is 40.4 Å². The average molecular weight is 475 g/mol. The number of benzene rings is 1. The molecular formula is C23H20F3N3O5. The highest BCUT2D eigenvalue weighted by Gasteiger charge is 2.30. The van der Waals surface area contributed by atoms with Gasteiger partial charge in [0.2, 0.25) is 0 Å². The highest BCUT2D eigenvalue weighted by molar-refractivity contribution is 5.98. The summed E-state index contributed by atoms with van der Waals surface area (Å²) in [5.74, 6) is -5.13. The summed E-state index contributed by atoms with van der Waals surface area (Å²) in [7, 11) is 1.32. The van der Waals surface area contributed by atoms with Crippen molar-refractivity contribution in [2.75, 3.05) is 20.2 Å². The minimum Gasteiger partial charge on any atom is -0.496 e. The maximum atomic E-state index is 14.2. The molecule has 0 radical (unpaired) electrons. The van der Waals surface area contributed by atoms with E-state index in [1.807, 2.05) is 0 Å². The number of hydrogen-bond donors (Lipinski definition) is 1. The first-order valence-corrected chi connectivity index (χ1v) is 10.4. The van der Waals surface area contributed by atoms with Gasteiger partial charge in [-0.1, -0.05) is 0 Å². The van der Waals surface area contributed by atoms with Crippen LogP contribution in [-0.4, -0.2) is 41.5 Å². The molecule has 1 N–H and O–H groups in total. The fourth-order valence-corrected chi connectivity index (χ4v) is 3.91. The van der Waals surface area contributed by atoms with Gasteiger partial charge in [0, 0.05) is 37.8 Å². The fraction of sp³-hybridized carbons (Fsp3) is 0.261. The van der Waals surface area contributed by atoms with E-state index in [9.17, 15) is 27.6 Å². The van der Waals surface area contributed by atoms with Crippen molar-refractivity contribution < 1.29 is 31.9 Å². The largest absolute Gasteiger partial charge is 0.496 e. The molecule has 0 saturated heterocycles. The lowest BCUT2D eigenvalue weighted by atomic mass is 10.1. The number of ether oxygens (including phenoxy) is 1. The monoisotopic (exact) mass is 475 g/mol. The van der Waals surface area contributed by atoms with Crippen LogP contribution in [0.15, 0.2) is 45.8 Å². The quantitative estimate of drug-likeness (QED) is 0.573. The Morgan fingerprint density at radius 3 is 2.56 bits per heavy atom. The Bertz CT molecular complexity index is 1300. The molecule has 0 aliphatic carbocycles. The first-order chi connectivity index (χ1) is 16.3. The molecule has 0 unspecified atom stereocenters. The van der Waals surface area contributed by atoms with Crippen LogP contribution >= 0.6 is 0 Å². The number of aromatic nitrogens is 1. The molecule has 11 heteroatoms. The maximum absolute atomic E-state index is 14.2. The smallest absolute Gasteiger partial charge is 0.260 e. The number of carbonyl (C=O) groups is 2. The van der Waals surface area contributed by atoms with E-state index in [-0.39, 0.29) is 43.9 Å². The Morgan fingerprint density at radius 1 is 1.09 bits per heavy atom. The van der Waals surface area contributed by atoms with Crippen LogP contribution in [0.25, 0.3) is 0 Å². The molecule has 3 aromatic rings. The van der Waals surface area contributed by atoms with Gasteiger partial charge in [-0.3, -0.25) is 14.4 Å². The molecule has 0 spiro atoms. The molecule has 3 heterocycles. The highest BCUT2D eigenvalue weighted by Crippen LogP contribution is 2.24. The molecule has 0 atom stereocenters. The summed E-state index contributed by atoms with van der Waals surface area (Å²) in [5.41, 5.74) is -1.07. The van der Waals surface area contributed by atoms with Gasteiger partial charge in [0.25, 0.3) is 17.4 Å². The Morgan fingerprint density at radius 2 is 1.85 bits per heavy atom. The molecule has 2 amide bonds. The van der Waals surface area contributed by atoms with Crippen LogP contribution in [0.2, 0.25) is 0 Å². The first-order valence-electron chi connectivity index (χ1n) is 10.4. The molecule has 178 valence electrons. The fourth-order valence-electron chi connectivity index (χ4n) is 3.91. The zero-order valence-corrected chi connectivity index (χ0v) is 18.1. The maximum Gasteiger partial charge on any atom is 0.260 e. The van der Waals surface area contributed by atoms with Crippen LogP contribution in [0.3, 0.4) is 0 Å². The van der Waals surface area contributed by atoms with Gasteiger partial charge < -0.3 is 23.9 Å². The van der Waals surface area contributed by atoms with E-state index in [0.29, 0.717) is 23.6 Å². The minimum atomic E-state index is -1.58. The third-order valence-corrected chi connectivity index (χ3v) is 5.59. The second-order valence-electron chi connectivity index (χ2n) is 7.55. The Balaban J connectivity index is 1.64. The summed E-state index contributed by atoms with van der Waals surface area (Å²) in [6.07, 6.45) is 1.48. The summed E-state index contributed by atoms with van der Waals surface area (Å²) in [6.45, 7) is -0.0998. The predicted molar refractivity (Wildman–Crippen MR) is 113 cm³/mol. The van der Waals surface area contributed by atoms with Crippen molar-refractivity contribution >= 4 is 11.8 Å². The van der Waals surface area contributed by atoms with E-state index >= 15 is 0 Å². The van der Waals surface area contributed by atoms with Crippen LogP contribution in [0, 0.1) is 17.5 Å². The summed E-state index contributed by atoms with van der Waals surface area (Å²) < 4.78 is 53.7. The van der Waals surface area contributed by atoms with Crippen molar-refractivity contribution in [3.8, 4) is 5.75 Å². The zero-order valence-electron chi connectivity index (χ0n) is 18.1. The SMILES string of the molecule is COc1cc(=O)n2c(c1C(=O)NCc1ccco1)CCN(C(=O)c1c(F)ccc(F)c1F)CC2. The number of carbonyl (C=O) groups excluding carboxylic acids is 2. The molecule has 2 aromatic heterocycles. The molecule has 0 saturated carbocycles. The number of hydrogen-bond acceptors (Lipinski definition) is 5. The molecule has 1 aliphatic heterocycles. The molecule has 34 heavy (non-hydrogen) atoms. The number of fused-ring (bicyclic) bond motifs is 1. The number of halogens is 3. The Hall–Kier alpha value is -4.02. The second kappa shape index (κ2) is 9.46. The van der Waals surface area contributed by atoms with Crippen molar-refractivity contribution in [3.05, 3.63) is 87.0 Å². The summed E-state index contributed by atoms with van der Waals surface area (Å²) in [4.78, 5) is 39.6. The van der Waals surface area contributed by atoms with Crippen molar-refractivity contribution in [2.24, 2.45) is 0 Å². The second-order valence-corrected chi connectivity index (χ2v) is 7.55. The Kier molecular flexibility index (Phi) is 6.44. The number of nitrogens with zero attached hydrogens (tertiary/aromatic N) is 2. The molecule has 0 bridgehead atoms. The van der Waals surface area contributed by atoms with Crippen LogP contribution in [0.1, 0.15) is 32.2 Å². The van der Waals surface area contributed by atoms with Crippen molar-refractivity contribution in [2.45, 2.75) is 19.5 Å². The van der Waals surface area contributed by atoms with Crippen LogP contribution in [-0.2, 0) is 19.5 Å². The Labute approximate surface area is 191 Å². The molecular weight excluding hydrogens is 455 g/mol. The van der Waals surface area contributed by atoms with E-state index in [1.54, 1.807) is 12.1 Å². The normalized spacial score (nSPS) is 13.2. The van der Waals surface area contributed by atoms with E-state index in [1.165, 1.54) is 17.9 Å². The van der Waals surface area contributed by atoms with Gasteiger partial charge in [0.15, 0.2) is 11.6 Å². The lowest BCUT2D eigenvalue weighted by Gasteiger charge is -2.20. The molecule has 4 rings (SSSR count). The lowest BCUT2D eigenvalue weighted by molar-refractivity contribution is 0.0747. The minimum absolute atomic E-state index is 0.0141. The molecule has 1 aliphatic rings. The summed E-state index contributed by atoms with van der Waals surface area (Å²) >= 11 is 0. The third-order valence-electron chi connectivity index (χ3n) is 5.59.